The van der Waals surface area contributed by atoms with Crippen molar-refractivity contribution in [1.82, 2.24) is 15.0 Å². The fraction of sp³-hybridized carbons (Fsp3) is 0.118. The van der Waals surface area contributed by atoms with Crippen molar-refractivity contribution in [3.05, 3.63) is 64.4 Å². The van der Waals surface area contributed by atoms with Crippen LogP contribution < -0.4 is 16.0 Å². The van der Waals surface area contributed by atoms with E-state index in [-0.39, 0.29) is 17.9 Å². The maximum Gasteiger partial charge on any atom is 0.343 e. The molecule has 2 aromatic carbocycles. The molecule has 0 aliphatic heterocycles. The number of fused-ring (bicyclic) bond motifs is 1. The van der Waals surface area contributed by atoms with Crippen LogP contribution in [-0.4, -0.2) is 33.5 Å². The van der Waals surface area contributed by atoms with Crippen molar-refractivity contribution in [3.63, 3.8) is 0 Å². The van der Waals surface area contributed by atoms with Gasteiger partial charge in [-0.1, -0.05) is 29.5 Å². The van der Waals surface area contributed by atoms with E-state index in [1.165, 1.54) is 12.1 Å². The summed E-state index contributed by atoms with van der Waals surface area (Å²) in [6.45, 7) is -0.792. The van der Waals surface area contributed by atoms with Crippen LogP contribution in [0, 0.1) is 0 Å². The number of benzene rings is 2. The number of carbonyl (C=O) groups is 2. The van der Waals surface area contributed by atoms with Crippen LogP contribution in [0.15, 0.2) is 53.3 Å². The second kappa shape index (κ2) is 7.43. The molecule has 9 heteroatoms. The van der Waals surface area contributed by atoms with Crippen molar-refractivity contribution in [2.24, 2.45) is 5.73 Å². The van der Waals surface area contributed by atoms with Crippen molar-refractivity contribution in [1.29, 1.82) is 0 Å². The van der Waals surface area contributed by atoms with Gasteiger partial charge in [-0.3, -0.25) is 9.59 Å². The van der Waals surface area contributed by atoms with E-state index in [0.29, 0.717) is 10.9 Å². The number of primary amides is 1. The molecule has 0 unspecified atom stereocenters. The zero-order valence-corrected chi connectivity index (χ0v) is 13.5. The van der Waals surface area contributed by atoms with E-state index in [1.807, 2.05) is 0 Å². The van der Waals surface area contributed by atoms with Gasteiger partial charge in [0.2, 0.25) is 0 Å². The van der Waals surface area contributed by atoms with Crippen LogP contribution in [0.1, 0.15) is 10.4 Å². The first-order valence-corrected chi connectivity index (χ1v) is 7.56. The molecule has 1 aromatic heterocycles. The third-order valence-corrected chi connectivity index (χ3v) is 3.42. The Morgan fingerprint density at radius 3 is 2.62 bits per heavy atom. The minimum Gasteiger partial charge on any atom is -0.483 e. The molecule has 0 aliphatic rings. The molecule has 0 atom stereocenters. The highest BCUT2D eigenvalue weighted by molar-refractivity contribution is 5.92. The molecule has 132 valence electrons. The first-order valence-electron chi connectivity index (χ1n) is 7.56. The second-order valence-corrected chi connectivity index (χ2v) is 5.22. The molecule has 1 heterocycles. The summed E-state index contributed by atoms with van der Waals surface area (Å²) in [6.07, 6.45) is 0. The number of aromatic nitrogens is 3. The van der Waals surface area contributed by atoms with Crippen LogP contribution in [0.3, 0.4) is 0 Å². The molecule has 0 spiro atoms. The molecule has 0 saturated carbocycles. The summed E-state index contributed by atoms with van der Waals surface area (Å²) in [5, 5.41) is 8.01. The fourth-order valence-corrected chi connectivity index (χ4v) is 2.22. The summed E-state index contributed by atoms with van der Waals surface area (Å²) in [4.78, 5) is 35.4. The Kier molecular flexibility index (Phi) is 4.88. The molecule has 3 rings (SSSR count). The normalized spacial score (nSPS) is 10.5. The number of esters is 1. The predicted octanol–water partition coefficient (Wildman–Crippen LogP) is 0.470. The zero-order chi connectivity index (χ0) is 18.5. The van der Waals surface area contributed by atoms with Gasteiger partial charge in [-0.2, -0.15) is 4.68 Å². The van der Waals surface area contributed by atoms with E-state index >= 15 is 0 Å². The number of nitrogens with zero attached hydrogens (tertiary/aromatic N) is 3. The molecule has 0 bridgehead atoms. The molecule has 1 amide bonds. The highest BCUT2D eigenvalue weighted by atomic mass is 16.5. The Hall–Kier alpha value is -3.75. The third-order valence-electron chi connectivity index (χ3n) is 3.42. The van der Waals surface area contributed by atoms with Crippen LogP contribution in [0.5, 0.6) is 5.75 Å². The van der Waals surface area contributed by atoms with Gasteiger partial charge in [-0.15, -0.1) is 5.10 Å². The summed E-state index contributed by atoms with van der Waals surface area (Å²) in [6, 6.07) is 12.9. The van der Waals surface area contributed by atoms with Gasteiger partial charge in [0.05, 0.1) is 5.39 Å². The molecular formula is C17H14N4O5. The molecule has 0 radical (unpaired) electrons. The lowest BCUT2D eigenvalue weighted by Crippen LogP contribution is -2.26. The third kappa shape index (κ3) is 3.66. The number of carbonyl (C=O) groups excluding carboxylic acids is 2. The average Bonchev–Trinajstić information content (AvgIpc) is 2.66. The highest BCUT2D eigenvalue weighted by Gasteiger charge is 2.15. The van der Waals surface area contributed by atoms with Crippen molar-refractivity contribution in [2.45, 2.75) is 6.73 Å². The van der Waals surface area contributed by atoms with Crippen molar-refractivity contribution in [3.8, 4) is 5.75 Å². The van der Waals surface area contributed by atoms with Gasteiger partial charge in [0.25, 0.3) is 11.5 Å². The maximum absolute atomic E-state index is 12.3. The van der Waals surface area contributed by atoms with Crippen molar-refractivity contribution >= 4 is 22.8 Å². The molecule has 0 fully saturated rings. The van der Waals surface area contributed by atoms with E-state index in [1.54, 1.807) is 36.4 Å². The molecule has 3 aromatic rings. The van der Waals surface area contributed by atoms with Gasteiger partial charge in [-0.05, 0) is 24.3 Å². The van der Waals surface area contributed by atoms with Gasteiger partial charge in [0, 0.05) is 0 Å². The highest BCUT2D eigenvalue weighted by Crippen LogP contribution is 2.19. The Bertz CT molecular complexity index is 1030. The number of para-hydroxylation sites is 1. The number of hydrogen-bond acceptors (Lipinski definition) is 7. The van der Waals surface area contributed by atoms with Crippen LogP contribution >= 0.6 is 0 Å². The number of hydrogen-bond donors (Lipinski definition) is 1. The minimum absolute atomic E-state index is 0.0931. The van der Waals surface area contributed by atoms with Crippen molar-refractivity contribution < 1.29 is 19.1 Å². The summed E-state index contributed by atoms with van der Waals surface area (Å²) in [5.74, 6) is -1.27. The van der Waals surface area contributed by atoms with E-state index in [2.05, 4.69) is 10.3 Å². The maximum atomic E-state index is 12.3. The van der Waals surface area contributed by atoms with Crippen LogP contribution in [0.4, 0.5) is 0 Å². The number of amides is 1. The van der Waals surface area contributed by atoms with Crippen molar-refractivity contribution in [2.75, 3.05) is 6.61 Å². The summed E-state index contributed by atoms with van der Waals surface area (Å²) >= 11 is 0. The molecule has 26 heavy (non-hydrogen) atoms. The summed E-state index contributed by atoms with van der Waals surface area (Å²) in [5.41, 5.74) is 5.14. The molecule has 0 saturated heterocycles. The molecule has 9 nitrogen and oxygen atoms in total. The smallest absolute Gasteiger partial charge is 0.343 e. The standard InChI is InChI=1S/C17H14N4O5/c18-15(22)9-25-14-8-4-2-6-12(14)17(24)26-10-21-16(23)11-5-1-3-7-13(11)19-20-21/h1-8H,9-10H2,(H2,18,22). The minimum atomic E-state index is -0.744. The largest absolute Gasteiger partial charge is 0.483 e. The summed E-state index contributed by atoms with van der Waals surface area (Å²) in [7, 11) is 0. The van der Waals surface area contributed by atoms with Gasteiger partial charge in [0.1, 0.15) is 16.8 Å². The van der Waals surface area contributed by atoms with Gasteiger partial charge >= 0.3 is 5.97 Å². The first-order chi connectivity index (χ1) is 12.6. The lowest BCUT2D eigenvalue weighted by molar-refractivity contribution is -0.119. The SMILES string of the molecule is NC(=O)COc1ccccc1C(=O)OCn1nnc2ccccc2c1=O. The first kappa shape index (κ1) is 17.1. The molecule has 2 N–H and O–H groups in total. The Morgan fingerprint density at radius 2 is 1.81 bits per heavy atom. The quantitative estimate of drug-likeness (QED) is 0.638. The Morgan fingerprint density at radius 1 is 1.08 bits per heavy atom. The average molecular weight is 354 g/mol. The fourth-order valence-electron chi connectivity index (χ4n) is 2.22. The monoisotopic (exact) mass is 354 g/mol. The lowest BCUT2D eigenvalue weighted by atomic mass is 10.2. The van der Waals surface area contributed by atoms with Crippen LogP contribution in [-0.2, 0) is 16.3 Å². The van der Waals surface area contributed by atoms with Crippen LogP contribution in [0.25, 0.3) is 10.9 Å². The molecule has 0 aliphatic carbocycles. The number of nitrogens with two attached hydrogens (primary N) is 1. The summed E-state index contributed by atoms with van der Waals surface area (Å²) < 4.78 is 11.2. The molecular weight excluding hydrogens is 340 g/mol. The Labute approximate surface area is 146 Å². The van der Waals surface area contributed by atoms with E-state index in [0.717, 1.165) is 4.68 Å². The second-order valence-electron chi connectivity index (χ2n) is 5.22. The van der Waals surface area contributed by atoms with E-state index < -0.39 is 24.2 Å². The topological polar surface area (TPSA) is 126 Å². The Balaban J connectivity index is 1.77. The predicted molar refractivity (Wildman–Crippen MR) is 90.3 cm³/mol. The number of rotatable bonds is 6. The zero-order valence-electron chi connectivity index (χ0n) is 13.5. The van der Waals surface area contributed by atoms with Gasteiger partial charge < -0.3 is 15.2 Å². The number of ether oxygens (including phenoxy) is 2. The van der Waals surface area contributed by atoms with E-state index in [4.69, 9.17) is 15.2 Å². The van der Waals surface area contributed by atoms with Crippen LogP contribution in [0.2, 0.25) is 0 Å². The van der Waals surface area contributed by atoms with Gasteiger partial charge in [-0.25, -0.2) is 4.79 Å². The van der Waals surface area contributed by atoms with Gasteiger partial charge in [0.15, 0.2) is 13.3 Å². The van der Waals surface area contributed by atoms with E-state index in [9.17, 15) is 14.4 Å². The lowest BCUT2D eigenvalue weighted by Gasteiger charge is -2.10.